The molecule has 2 nitrogen and oxygen atoms in total. The molecule has 2 rings (SSSR count). The van der Waals surface area contributed by atoms with Crippen molar-refractivity contribution in [3.05, 3.63) is 58.1 Å². The first kappa shape index (κ1) is 15.1. The Morgan fingerprint density at radius 3 is 2.35 bits per heavy atom. The molecule has 0 unspecified atom stereocenters. The third-order valence-electron chi connectivity index (χ3n) is 3.01. The summed E-state index contributed by atoms with van der Waals surface area (Å²) in [6.45, 7) is 4.37. The van der Waals surface area contributed by atoms with Gasteiger partial charge in [-0.05, 0) is 41.8 Å². The molecule has 3 N–H and O–H groups in total. The van der Waals surface area contributed by atoms with Gasteiger partial charge in [0.2, 0.25) is 0 Å². The first-order chi connectivity index (χ1) is 9.47. The van der Waals surface area contributed by atoms with Crippen molar-refractivity contribution in [3.63, 3.8) is 0 Å². The van der Waals surface area contributed by atoms with Crippen molar-refractivity contribution in [2.45, 2.75) is 29.6 Å². The molecule has 104 valence electrons. The number of nitrogen functional groups attached to an aromatic ring is 1. The number of halogens is 1. The van der Waals surface area contributed by atoms with E-state index in [1.165, 1.54) is 5.56 Å². The average Bonchev–Trinajstić information content (AvgIpc) is 2.39. The summed E-state index contributed by atoms with van der Waals surface area (Å²) in [6.07, 6.45) is 0. The van der Waals surface area contributed by atoms with Crippen LogP contribution in [-0.4, -0.2) is 5.84 Å². The number of hydrogen-bond donors (Lipinski definition) is 2. The molecule has 0 bridgehead atoms. The van der Waals surface area contributed by atoms with E-state index < -0.39 is 0 Å². The lowest BCUT2D eigenvalue weighted by molar-refractivity contribution is 0.865. The summed E-state index contributed by atoms with van der Waals surface area (Å²) in [5, 5.41) is 7.65. The third kappa shape index (κ3) is 3.64. The predicted molar refractivity (Wildman–Crippen MR) is 89.8 cm³/mol. The smallest absolute Gasteiger partial charge is 0.123 e. The quantitative estimate of drug-likeness (QED) is 0.602. The third-order valence-corrected chi connectivity index (χ3v) is 4.57. The van der Waals surface area contributed by atoms with E-state index >= 15 is 0 Å². The Kier molecular flexibility index (Phi) is 4.89. The normalized spacial score (nSPS) is 10.8. The minimum absolute atomic E-state index is 0.0961. The van der Waals surface area contributed by atoms with Crippen molar-refractivity contribution in [2.75, 3.05) is 0 Å². The molecule has 0 aliphatic rings. The van der Waals surface area contributed by atoms with Crippen molar-refractivity contribution >= 4 is 33.5 Å². The molecule has 0 spiro atoms. The van der Waals surface area contributed by atoms with Crippen molar-refractivity contribution in [2.24, 2.45) is 5.73 Å². The Bertz CT molecular complexity index is 621. The fourth-order valence-corrected chi connectivity index (χ4v) is 3.36. The average molecular weight is 349 g/mol. The van der Waals surface area contributed by atoms with Gasteiger partial charge in [0, 0.05) is 19.8 Å². The molecule has 0 saturated heterocycles. The molecular weight excluding hydrogens is 332 g/mol. The summed E-state index contributed by atoms with van der Waals surface area (Å²) in [7, 11) is 0. The lowest BCUT2D eigenvalue weighted by atomic mass is 10.0. The van der Waals surface area contributed by atoms with Crippen LogP contribution in [0, 0.1) is 5.41 Å². The van der Waals surface area contributed by atoms with Crippen LogP contribution in [0.2, 0.25) is 0 Å². The van der Waals surface area contributed by atoms with Gasteiger partial charge in [-0.1, -0.05) is 53.7 Å². The van der Waals surface area contributed by atoms with Crippen LogP contribution in [0.4, 0.5) is 0 Å². The molecule has 0 fully saturated rings. The van der Waals surface area contributed by atoms with E-state index in [1.54, 1.807) is 11.8 Å². The van der Waals surface area contributed by atoms with Gasteiger partial charge in [0.25, 0.3) is 0 Å². The zero-order chi connectivity index (χ0) is 14.7. The fraction of sp³-hybridized carbons (Fsp3) is 0.188. The number of amidine groups is 1. The van der Waals surface area contributed by atoms with Crippen molar-refractivity contribution in [3.8, 4) is 0 Å². The van der Waals surface area contributed by atoms with E-state index in [0.717, 1.165) is 19.8 Å². The van der Waals surface area contributed by atoms with Crippen LogP contribution < -0.4 is 5.73 Å². The summed E-state index contributed by atoms with van der Waals surface area (Å²) >= 11 is 5.09. The predicted octanol–water partition coefficient (Wildman–Crippen LogP) is 5.01. The molecule has 0 aliphatic heterocycles. The Morgan fingerprint density at radius 1 is 1.15 bits per heavy atom. The van der Waals surface area contributed by atoms with E-state index in [2.05, 4.69) is 54.0 Å². The van der Waals surface area contributed by atoms with E-state index in [9.17, 15) is 0 Å². The van der Waals surface area contributed by atoms with Crippen molar-refractivity contribution in [1.29, 1.82) is 5.41 Å². The molecular formula is C16H17BrN2S. The lowest BCUT2D eigenvalue weighted by Gasteiger charge is -2.10. The summed E-state index contributed by atoms with van der Waals surface area (Å²) in [5.41, 5.74) is 7.74. The molecule has 0 radical (unpaired) electrons. The van der Waals surface area contributed by atoms with Gasteiger partial charge in [0.05, 0.1) is 0 Å². The number of nitrogens with two attached hydrogens (primary N) is 1. The molecule has 2 aromatic carbocycles. The first-order valence-electron chi connectivity index (χ1n) is 6.39. The zero-order valence-electron chi connectivity index (χ0n) is 11.5. The number of rotatable bonds is 4. The maximum Gasteiger partial charge on any atom is 0.123 e. The molecule has 0 aliphatic carbocycles. The Morgan fingerprint density at radius 2 is 1.80 bits per heavy atom. The van der Waals surface area contributed by atoms with Gasteiger partial charge < -0.3 is 5.73 Å². The second-order valence-electron chi connectivity index (χ2n) is 4.88. The van der Waals surface area contributed by atoms with E-state index in [0.29, 0.717) is 5.92 Å². The van der Waals surface area contributed by atoms with Gasteiger partial charge in [-0.25, -0.2) is 0 Å². The molecule has 0 heterocycles. The highest BCUT2D eigenvalue weighted by Gasteiger charge is 2.08. The Labute approximate surface area is 132 Å². The monoisotopic (exact) mass is 348 g/mol. The van der Waals surface area contributed by atoms with Gasteiger partial charge in [-0.2, -0.15) is 0 Å². The van der Waals surface area contributed by atoms with E-state index in [1.807, 2.05) is 18.2 Å². The highest BCUT2D eigenvalue weighted by molar-refractivity contribution is 9.10. The maximum atomic E-state index is 7.65. The van der Waals surface area contributed by atoms with E-state index in [-0.39, 0.29) is 5.84 Å². The zero-order valence-corrected chi connectivity index (χ0v) is 13.9. The highest BCUT2D eigenvalue weighted by atomic mass is 79.9. The topological polar surface area (TPSA) is 49.9 Å². The fourth-order valence-electron chi connectivity index (χ4n) is 1.85. The number of nitrogens with one attached hydrogen (secondary N) is 1. The van der Waals surface area contributed by atoms with Gasteiger partial charge in [-0.15, -0.1) is 0 Å². The summed E-state index contributed by atoms with van der Waals surface area (Å²) in [6, 6.07) is 14.3. The molecule has 0 amide bonds. The minimum atomic E-state index is 0.0961. The lowest BCUT2D eigenvalue weighted by Crippen LogP contribution is -2.12. The summed E-state index contributed by atoms with van der Waals surface area (Å²) in [5.74, 6) is 0.631. The van der Waals surface area contributed by atoms with Gasteiger partial charge in [0.1, 0.15) is 5.84 Å². The van der Waals surface area contributed by atoms with Crippen molar-refractivity contribution < 1.29 is 0 Å². The van der Waals surface area contributed by atoms with Crippen LogP contribution in [0.5, 0.6) is 0 Å². The Hall–Kier alpha value is -1.26. The first-order valence-corrected chi connectivity index (χ1v) is 8.00. The van der Waals surface area contributed by atoms with Gasteiger partial charge >= 0.3 is 0 Å². The Balaban J connectivity index is 2.29. The molecule has 0 saturated carbocycles. The minimum Gasteiger partial charge on any atom is -0.384 e. The number of hydrogen-bond acceptors (Lipinski definition) is 2. The molecule has 4 heteroatoms. The van der Waals surface area contributed by atoms with Gasteiger partial charge in [-0.3, -0.25) is 5.41 Å². The maximum absolute atomic E-state index is 7.65. The SMILES string of the molecule is CC(C)c1ccc(Sc2cc(Br)ccc2C(=N)N)cc1. The van der Waals surface area contributed by atoms with Crippen LogP contribution in [-0.2, 0) is 0 Å². The van der Waals surface area contributed by atoms with Crippen LogP contribution >= 0.6 is 27.7 Å². The molecule has 0 atom stereocenters. The van der Waals surface area contributed by atoms with Crippen LogP contribution in [0.1, 0.15) is 30.9 Å². The summed E-state index contributed by atoms with van der Waals surface area (Å²) in [4.78, 5) is 2.14. The highest BCUT2D eigenvalue weighted by Crippen LogP contribution is 2.33. The van der Waals surface area contributed by atoms with E-state index in [4.69, 9.17) is 11.1 Å². The standard InChI is InChI=1S/C16H17BrN2S/c1-10(2)11-3-6-13(7-4-11)20-15-9-12(17)5-8-14(15)16(18)19/h3-10H,1-2H3,(H3,18,19). The van der Waals surface area contributed by atoms with Crippen molar-refractivity contribution in [1.82, 2.24) is 0 Å². The van der Waals surface area contributed by atoms with Crippen LogP contribution in [0.25, 0.3) is 0 Å². The number of benzene rings is 2. The summed E-state index contributed by atoms with van der Waals surface area (Å²) < 4.78 is 0.990. The molecule has 0 aromatic heterocycles. The molecule has 20 heavy (non-hydrogen) atoms. The molecule has 2 aromatic rings. The second-order valence-corrected chi connectivity index (χ2v) is 6.91. The van der Waals surface area contributed by atoms with Gasteiger partial charge in [0.15, 0.2) is 0 Å². The second kappa shape index (κ2) is 6.46. The largest absolute Gasteiger partial charge is 0.384 e. The van der Waals surface area contributed by atoms with Crippen LogP contribution in [0.3, 0.4) is 0 Å². The van der Waals surface area contributed by atoms with Crippen LogP contribution in [0.15, 0.2) is 56.7 Å².